The topological polar surface area (TPSA) is 112 Å². The summed E-state index contributed by atoms with van der Waals surface area (Å²) in [6, 6.07) is 4.29. The average Bonchev–Trinajstić information content (AvgIpc) is 3.28. The summed E-state index contributed by atoms with van der Waals surface area (Å²) in [7, 11) is 0. The van der Waals surface area contributed by atoms with Gasteiger partial charge in [-0.2, -0.15) is 0 Å². The van der Waals surface area contributed by atoms with Crippen LogP contribution in [0.1, 0.15) is 70.7 Å². The summed E-state index contributed by atoms with van der Waals surface area (Å²) in [5.74, 6) is -1.25. The molecule has 1 aliphatic heterocycles. The largest absolute Gasteiger partial charge is 0.391 e. The van der Waals surface area contributed by atoms with Crippen LogP contribution in [0.3, 0.4) is 0 Å². The molecule has 2 heterocycles. The maximum Gasteiger partial charge on any atom is 0.258 e. The number of nitrogens with zero attached hydrogens (tertiary/aromatic N) is 2. The molecule has 3 N–H and O–H groups in total. The van der Waals surface area contributed by atoms with Gasteiger partial charge in [0.1, 0.15) is 12.1 Å². The van der Waals surface area contributed by atoms with Crippen LogP contribution in [0, 0.1) is 18.3 Å². The molecule has 1 aromatic heterocycles. The van der Waals surface area contributed by atoms with Gasteiger partial charge in [-0.25, -0.2) is 9.37 Å². The van der Waals surface area contributed by atoms with Crippen molar-refractivity contribution in [2.24, 2.45) is 11.3 Å². The summed E-state index contributed by atoms with van der Waals surface area (Å²) in [5.41, 5.74) is 3.38. The van der Waals surface area contributed by atoms with Crippen LogP contribution in [0.4, 0.5) is 4.39 Å². The van der Waals surface area contributed by atoms with Gasteiger partial charge in [-0.3, -0.25) is 14.4 Å². The lowest BCUT2D eigenvalue weighted by Crippen LogP contribution is -2.59. The number of amides is 3. The van der Waals surface area contributed by atoms with Crippen molar-refractivity contribution < 1.29 is 23.9 Å². The molecule has 10 heteroatoms. The van der Waals surface area contributed by atoms with Crippen LogP contribution in [0.2, 0.25) is 0 Å². The number of thiazole rings is 1. The quantitative estimate of drug-likeness (QED) is 0.422. The Kier molecular flexibility index (Phi) is 8.71. The van der Waals surface area contributed by atoms with Gasteiger partial charge in [0.15, 0.2) is 5.67 Å². The number of aryl methyl sites for hydroxylation is 1. The average molecular weight is 573 g/mol. The number of aromatic nitrogens is 1. The number of nitrogens with one attached hydrogen (secondary N) is 2. The lowest BCUT2D eigenvalue weighted by Gasteiger charge is -2.35. The monoisotopic (exact) mass is 572 g/mol. The number of halogens is 1. The van der Waals surface area contributed by atoms with Crippen LogP contribution in [-0.2, 0) is 27.3 Å². The Hall–Kier alpha value is -2.85. The number of likely N-dealkylation sites (tertiary alicyclic amines) is 1. The number of rotatable bonds is 9. The summed E-state index contributed by atoms with van der Waals surface area (Å²) in [4.78, 5) is 46.4. The highest BCUT2D eigenvalue weighted by Gasteiger charge is 2.53. The number of carbonyl (C=O) groups excluding carboxylic acids is 3. The summed E-state index contributed by atoms with van der Waals surface area (Å²) in [6.07, 6.45) is 0.345. The normalized spacial score (nSPS) is 20.9. The van der Waals surface area contributed by atoms with Gasteiger partial charge in [-0.15, -0.1) is 11.3 Å². The highest BCUT2D eigenvalue weighted by Crippen LogP contribution is 2.40. The van der Waals surface area contributed by atoms with Gasteiger partial charge in [0.05, 0.1) is 22.2 Å². The van der Waals surface area contributed by atoms with Gasteiger partial charge in [0.25, 0.3) is 5.91 Å². The zero-order chi connectivity index (χ0) is 29.4. The van der Waals surface area contributed by atoms with Crippen LogP contribution in [0.15, 0.2) is 23.7 Å². The van der Waals surface area contributed by atoms with Crippen LogP contribution >= 0.6 is 11.3 Å². The van der Waals surface area contributed by atoms with Crippen molar-refractivity contribution in [1.29, 1.82) is 0 Å². The van der Waals surface area contributed by atoms with E-state index < -0.39 is 41.1 Å². The molecule has 2 aliphatic rings. The number of hydrogen-bond acceptors (Lipinski definition) is 6. The molecular weight excluding hydrogens is 531 g/mol. The van der Waals surface area contributed by atoms with E-state index in [9.17, 15) is 23.9 Å². The second-order valence-corrected chi connectivity index (χ2v) is 13.6. The first kappa shape index (κ1) is 30.1. The SMILES string of the molecule is Cc1ncsc1-c1ccc(CNC(=O)C2CC(O)CN2C(=O)C(NC(=O)C2(F)CC2)C(C)(C)C)c(CC(C)C)c1. The van der Waals surface area contributed by atoms with Gasteiger partial charge >= 0.3 is 0 Å². The molecule has 0 bridgehead atoms. The molecule has 1 aliphatic carbocycles. The molecule has 3 amide bonds. The molecular formula is C30H41FN4O4S. The molecule has 218 valence electrons. The maximum atomic E-state index is 14.4. The molecule has 0 radical (unpaired) electrons. The Morgan fingerprint density at radius 3 is 2.50 bits per heavy atom. The fourth-order valence-electron chi connectivity index (χ4n) is 5.17. The number of aliphatic hydroxyl groups excluding tert-OH is 1. The molecule has 40 heavy (non-hydrogen) atoms. The molecule has 3 atom stereocenters. The Balaban J connectivity index is 1.49. The molecule has 1 aromatic carbocycles. The first-order valence-corrected chi connectivity index (χ1v) is 14.9. The molecule has 8 nitrogen and oxygen atoms in total. The molecule has 1 saturated heterocycles. The van der Waals surface area contributed by atoms with E-state index in [1.807, 2.05) is 24.6 Å². The first-order chi connectivity index (χ1) is 18.7. The van der Waals surface area contributed by atoms with Gasteiger partial charge in [0.2, 0.25) is 11.8 Å². The minimum absolute atomic E-state index is 0.0262. The summed E-state index contributed by atoms with van der Waals surface area (Å²) < 4.78 is 14.4. The second kappa shape index (κ2) is 11.6. The van der Waals surface area contributed by atoms with Crippen molar-refractivity contribution in [3.63, 3.8) is 0 Å². The fraction of sp³-hybridized carbons (Fsp3) is 0.600. The third-order valence-electron chi connectivity index (χ3n) is 7.64. The van der Waals surface area contributed by atoms with E-state index in [4.69, 9.17) is 0 Å². The third-order valence-corrected chi connectivity index (χ3v) is 8.62. The Bertz CT molecular complexity index is 1270. The van der Waals surface area contributed by atoms with E-state index in [0.717, 1.165) is 33.7 Å². The predicted molar refractivity (Wildman–Crippen MR) is 153 cm³/mol. The van der Waals surface area contributed by atoms with Crippen molar-refractivity contribution in [2.75, 3.05) is 6.54 Å². The third kappa shape index (κ3) is 6.71. The molecule has 0 spiro atoms. The van der Waals surface area contributed by atoms with Crippen molar-refractivity contribution in [1.82, 2.24) is 20.5 Å². The molecule has 4 rings (SSSR count). The summed E-state index contributed by atoms with van der Waals surface area (Å²) >= 11 is 1.60. The minimum atomic E-state index is -1.92. The molecule has 2 aromatic rings. The zero-order valence-corrected chi connectivity index (χ0v) is 25.0. The van der Waals surface area contributed by atoms with E-state index in [1.54, 1.807) is 32.1 Å². The minimum Gasteiger partial charge on any atom is -0.391 e. The van der Waals surface area contributed by atoms with Crippen LogP contribution < -0.4 is 10.6 Å². The molecule has 1 saturated carbocycles. The lowest BCUT2D eigenvalue weighted by atomic mass is 9.85. The van der Waals surface area contributed by atoms with Gasteiger partial charge in [0, 0.05) is 19.5 Å². The fourth-order valence-corrected chi connectivity index (χ4v) is 5.97. The smallest absolute Gasteiger partial charge is 0.258 e. The number of β-amino-alcohol motifs (C(OH)–C–C–N with tert-alkyl or cyclic N) is 1. The second-order valence-electron chi connectivity index (χ2n) is 12.7. The van der Waals surface area contributed by atoms with Crippen LogP contribution in [-0.4, -0.2) is 63.1 Å². The first-order valence-electron chi connectivity index (χ1n) is 14.0. The Morgan fingerprint density at radius 2 is 1.93 bits per heavy atom. The Labute approximate surface area is 239 Å². The van der Waals surface area contributed by atoms with Gasteiger partial charge in [-0.05, 0) is 60.3 Å². The summed E-state index contributed by atoms with van der Waals surface area (Å²) in [6.45, 7) is 11.9. The van der Waals surface area contributed by atoms with Crippen molar-refractivity contribution in [3.8, 4) is 10.4 Å². The standard InChI is InChI=1S/C30H41FN4O4S/c1-17(2)11-21-12-19(24-18(3)33-16-40-24)7-8-20(21)14-32-26(37)23-13-22(36)15-35(23)27(38)25(29(4,5)6)34-28(39)30(31)9-10-30/h7-8,12,16-17,22-23,25,36H,9-11,13-15H2,1-6H3,(H,32,37)(H,34,39). The zero-order valence-electron chi connectivity index (χ0n) is 24.2. The van der Waals surface area contributed by atoms with E-state index in [0.29, 0.717) is 5.92 Å². The van der Waals surface area contributed by atoms with Gasteiger partial charge in [-0.1, -0.05) is 46.8 Å². The molecule has 3 unspecified atom stereocenters. The molecule has 2 fully saturated rings. The van der Waals surface area contributed by atoms with Crippen molar-refractivity contribution in [3.05, 3.63) is 40.5 Å². The number of benzene rings is 1. The predicted octanol–water partition coefficient (Wildman–Crippen LogP) is 3.93. The maximum absolute atomic E-state index is 14.4. The van der Waals surface area contributed by atoms with Crippen molar-refractivity contribution >= 4 is 29.1 Å². The highest BCUT2D eigenvalue weighted by molar-refractivity contribution is 7.13. The number of hydrogen-bond donors (Lipinski definition) is 3. The number of aliphatic hydroxyl groups is 1. The van der Waals surface area contributed by atoms with E-state index >= 15 is 0 Å². The highest BCUT2D eigenvalue weighted by atomic mass is 32.1. The van der Waals surface area contributed by atoms with Crippen molar-refractivity contribution in [2.45, 2.75) is 97.6 Å². The summed E-state index contributed by atoms with van der Waals surface area (Å²) in [5, 5.41) is 16.0. The van der Waals surface area contributed by atoms with Gasteiger partial charge < -0.3 is 20.6 Å². The number of alkyl halides is 1. The number of carbonyl (C=O) groups is 3. The van der Waals surface area contributed by atoms with Crippen LogP contribution in [0.5, 0.6) is 0 Å². The van der Waals surface area contributed by atoms with E-state index in [1.165, 1.54) is 4.90 Å². The van der Waals surface area contributed by atoms with Crippen LogP contribution in [0.25, 0.3) is 10.4 Å². The van der Waals surface area contributed by atoms with E-state index in [2.05, 4.69) is 35.5 Å². The lowest BCUT2D eigenvalue weighted by molar-refractivity contribution is -0.145. The Morgan fingerprint density at radius 1 is 1.23 bits per heavy atom. The van der Waals surface area contributed by atoms with E-state index in [-0.39, 0.29) is 38.3 Å².